The third-order valence-electron chi connectivity index (χ3n) is 3.39. The summed E-state index contributed by atoms with van der Waals surface area (Å²) < 4.78 is 5.64. The molecule has 2 aliphatic heterocycles. The van der Waals surface area contributed by atoms with Crippen LogP contribution in [0.25, 0.3) is 0 Å². The minimum Gasteiger partial charge on any atom is -0.356 e. The number of carbonyl (C=O) groups is 1. The lowest BCUT2D eigenvalue weighted by Gasteiger charge is -2.21. The summed E-state index contributed by atoms with van der Waals surface area (Å²) in [6, 6.07) is 10.5. The molecular weight excluding hydrogens is 202 g/mol. The van der Waals surface area contributed by atoms with Gasteiger partial charge in [0.1, 0.15) is 6.23 Å². The number of hydrogen-bond acceptors (Lipinski definition) is 2. The monoisotopic (exact) mass is 217 g/mol. The molecule has 3 nitrogen and oxygen atoms in total. The fourth-order valence-corrected chi connectivity index (χ4v) is 2.62. The number of ether oxygens (including phenoxy) is 1. The Hall–Kier alpha value is -1.35. The number of rotatable bonds is 2. The molecule has 2 atom stereocenters. The summed E-state index contributed by atoms with van der Waals surface area (Å²) in [5.74, 6) is 0.253. The van der Waals surface area contributed by atoms with Crippen LogP contribution in [0.5, 0.6) is 0 Å². The first-order chi connectivity index (χ1) is 7.84. The largest absolute Gasteiger partial charge is 0.356 e. The summed E-state index contributed by atoms with van der Waals surface area (Å²) in [6.07, 6.45) is 2.48. The number of nitrogens with zero attached hydrogens (tertiary/aromatic N) is 1. The maximum absolute atomic E-state index is 11.7. The van der Waals surface area contributed by atoms with E-state index in [-0.39, 0.29) is 18.2 Å². The third kappa shape index (κ3) is 1.61. The number of benzene rings is 1. The molecule has 3 rings (SSSR count). The minimum absolute atomic E-state index is 0.0567. The Bertz CT molecular complexity index is 390. The molecule has 2 heterocycles. The van der Waals surface area contributed by atoms with E-state index < -0.39 is 0 Å². The summed E-state index contributed by atoms with van der Waals surface area (Å²) in [6.45, 7) is 0.686. The number of carbonyl (C=O) groups excluding carboxylic acids is 1. The van der Waals surface area contributed by atoms with E-state index in [1.807, 2.05) is 23.1 Å². The molecule has 0 aliphatic carbocycles. The van der Waals surface area contributed by atoms with E-state index >= 15 is 0 Å². The predicted molar refractivity (Wildman–Crippen MR) is 59.8 cm³/mol. The average Bonchev–Trinajstić information content (AvgIpc) is 2.86. The molecule has 84 valence electrons. The highest BCUT2D eigenvalue weighted by atomic mass is 16.5. The molecule has 0 radical (unpaired) electrons. The Morgan fingerprint density at radius 1 is 1.31 bits per heavy atom. The molecule has 0 saturated carbocycles. The maximum atomic E-state index is 11.7. The Labute approximate surface area is 95.0 Å². The van der Waals surface area contributed by atoms with Gasteiger partial charge in [0.2, 0.25) is 5.91 Å². The molecule has 3 heteroatoms. The lowest BCUT2D eigenvalue weighted by atomic mass is 10.1. The van der Waals surface area contributed by atoms with Crippen molar-refractivity contribution in [2.75, 3.05) is 6.61 Å². The zero-order valence-electron chi connectivity index (χ0n) is 9.13. The number of fused-ring (bicyclic) bond motifs is 1. The van der Waals surface area contributed by atoms with E-state index in [4.69, 9.17) is 4.74 Å². The van der Waals surface area contributed by atoms with E-state index in [0.717, 1.165) is 12.8 Å². The molecule has 0 N–H and O–H groups in total. The Morgan fingerprint density at radius 2 is 2.12 bits per heavy atom. The highest BCUT2D eigenvalue weighted by Gasteiger charge is 2.41. The zero-order valence-corrected chi connectivity index (χ0v) is 9.13. The fourth-order valence-electron chi connectivity index (χ4n) is 2.62. The van der Waals surface area contributed by atoms with Crippen molar-refractivity contribution in [3.8, 4) is 0 Å². The highest BCUT2D eigenvalue weighted by Crippen LogP contribution is 2.29. The first kappa shape index (κ1) is 9.85. The van der Waals surface area contributed by atoms with E-state index in [9.17, 15) is 4.79 Å². The summed E-state index contributed by atoms with van der Waals surface area (Å²) in [7, 11) is 0. The van der Waals surface area contributed by atoms with E-state index in [2.05, 4.69) is 12.1 Å². The van der Waals surface area contributed by atoms with Crippen LogP contribution in [-0.2, 0) is 16.0 Å². The van der Waals surface area contributed by atoms with Crippen molar-refractivity contribution >= 4 is 5.91 Å². The average molecular weight is 217 g/mol. The molecule has 1 aromatic rings. The second-order valence-electron chi connectivity index (χ2n) is 4.47. The van der Waals surface area contributed by atoms with Crippen LogP contribution in [0.2, 0.25) is 0 Å². The van der Waals surface area contributed by atoms with E-state index in [1.165, 1.54) is 5.56 Å². The van der Waals surface area contributed by atoms with Gasteiger partial charge in [-0.25, -0.2) is 0 Å². The molecule has 2 saturated heterocycles. The van der Waals surface area contributed by atoms with Crippen molar-refractivity contribution in [3.05, 3.63) is 35.9 Å². The van der Waals surface area contributed by atoms with Crippen LogP contribution >= 0.6 is 0 Å². The normalized spacial score (nSPS) is 28.5. The minimum atomic E-state index is 0.0567. The molecule has 2 fully saturated rings. The van der Waals surface area contributed by atoms with Gasteiger partial charge in [0.15, 0.2) is 0 Å². The van der Waals surface area contributed by atoms with Gasteiger partial charge < -0.3 is 9.64 Å². The molecule has 2 aliphatic rings. The van der Waals surface area contributed by atoms with Gasteiger partial charge >= 0.3 is 0 Å². The van der Waals surface area contributed by atoms with Gasteiger partial charge in [0.05, 0.1) is 12.6 Å². The lowest BCUT2D eigenvalue weighted by molar-refractivity contribution is -0.131. The molecular formula is C13H15NO2. The Balaban J connectivity index is 1.74. The van der Waals surface area contributed by atoms with Gasteiger partial charge in [-0.1, -0.05) is 30.3 Å². The lowest BCUT2D eigenvalue weighted by Crippen LogP contribution is -2.37. The van der Waals surface area contributed by atoms with Crippen LogP contribution < -0.4 is 0 Å². The van der Waals surface area contributed by atoms with Gasteiger partial charge in [-0.15, -0.1) is 0 Å². The number of hydrogen-bond donors (Lipinski definition) is 0. The van der Waals surface area contributed by atoms with Crippen LogP contribution in [0.1, 0.15) is 18.4 Å². The molecule has 0 bridgehead atoms. The first-order valence-corrected chi connectivity index (χ1v) is 5.81. The van der Waals surface area contributed by atoms with Crippen molar-refractivity contribution in [2.24, 2.45) is 0 Å². The molecule has 1 amide bonds. The van der Waals surface area contributed by atoms with Crippen LogP contribution in [-0.4, -0.2) is 29.7 Å². The fraction of sp³-hybridized carbons (Fsp3) is 0.462. The molecule has 0 aromatic heterocycles. The number of amides is 1. The quantitative estimate of drug-likeness (QED) is 0.752. The third-order valence-corrected chi connectivity index (χ3v) is 3.39. The zero-order chi connectivity index (χ0) is 11.0. The van der Waals surface area contributed by atoms with Crippen LogP contribution in [0, 0.1) is 0 Å². The van der Waals surface area contributed by atoms with Gasteiger partial charge in [-0.05, 0) is 12.0 Å². The van der Waals surface area contributed by atoms with Crippen LogP contribution in [0.15, 0.2) is 30.3 Å². The first-order valence-electron chi connectivity index (χ1n) is 5.81. The van der Waals surface area contributed by atoms with Crippen molar-refractivity contribution < 1.29 is 9.53 Å². The van der Waals surface area contributed by atoms with Gasteiger partial charge in [-0.2, -0.15) is 0 Å². The van der Waals surface area contributed by atoms with Gasteiger partial charge in [0.25, 0.3) is 0 Å². The topological polar surface area (TPSA) is 29.5 Å². The van der Waals surface area contributed by atoms with Crippen molar-refractivity contribution in [3.63, 3.8) is 0 Å². The summed E-state index contributed by atoms with van der Waals surface area (Å²) >= 11 is 0. The van der Waals surface area contributed by atoms with Crippen LogP contribution in [0.4, 0.5) is 0 Å². The molecule has 16 heavy (non-hydrogen) atoms. The van der Waals surface area contributed by atoms with E-state index in [1.54, 1.807) is 0 Å². The molecule has 0 spiro atoms. The van der Waals surface area contributed by atoms with Crippen molar-refractivity contribution in [2.45, 2.75) is 31.5 Å². The molecule has 1 aromatic carbocycles. The van der Waals surface area contributed by atoms with Gasteiger partial charge in [-0.3, -0.25) is 4.79 Å². The van der Waals surface area contributed by atoms with E-state index in [0.29, 0.717) is 13.0 Å². The Morgan fingerprint density at radius 3 is 2.94 bits per heavy atom. The van der Waals surface area contributed by atoms with Gasteiger partial charge in [0, 0.05) is 12.8 Å². The predicted octanol–water partition coefficient (Wildman–Crippen LogP) is 1.58. The summed E-state index contributed by atoms with van der Waals surface area (Å²) in [5, 5.41) is 0. The Kier molecular flexibility index (Phi) is 2.40. The molecule has 0 unspecified atom stereocenters. The smallest absolute Gasteiger partial charge is 0.225 e. The standard InChI is InChI=1S/C13H15NO2/c15-12-6-7-13-14(12)11(9-16-13)8-10-4-2-1-3-5-10/h1-5,11,13H,6-9H2/t11-,13+/m0/s1. The van der Waals surface area contributed by atoms with Crippen LogP contribution in [0.3, 0.4) is 0 Å². The summed E-state index contributed by atoms with van der Waals surface area (Å²) in [4.78, 5) is 13.6. The second kappa shape index (κ2) is 3.91. The SMILES string of the molecule is O=C1CC[C@H]2OC[C@H](Cc3ccccc3)N12. The highest BCUT2D eigenvalue weighted by molar-refractivity contribution is 5.79. The second-order valence-corrected chi connectivity index (χ2v) is 4.47. The van der Waals surface area contributed by atoms with Crippen molar-refractivity contribution in [1.29, 1.82) is 0 Å². The maximum Gasteiger partial charge on any atom is 0.225 e. The summed E-state index contributed by atoms with van der Waals surface area (Å²) in [5.41, 5.74) is 1.27. The van der Waals surface area contributed by atoms with Crippen molar-refractivity contribution in [1.82, 2.24) is 4.90 Å².